The zero-order valence-corrected chi connectivity index (χ0v) is 13.1. The van der Waals surface area contributed by atoms with E-state index in [1.165, 1.54) is 31.4 Å². The summed E-state index contributed by atoms with van der Waals surface area (Å²) in [5.41, 5.74) is 1.25. The molecule has 2 N–H and O–H groups in total. The van der Waals surface area contributed by atoms with Gasteiger partial charge in [-0.05, 0) is 69.1 Å². The summed E-state index contributed by atoms with van der Waals surface area (Å²) >= 11 is 3.51. The second kappa shape index (κ2) is 7.88. The van der Waals surface area contributed by atoms with Crippen LogP contribution in [0.15, 0.2) is 22.7 Å². The molecule has 3 nitrogen and oxygen atoms in total. The Balaban J connectivity index is 1.68. The molecule has 0 amide bonds. The molecule has 4 heteroatoms. The van der Waals surface area contributed by atoms with Crippen LogP contribution in [-0.2, 0) is 6.42 Å². The van der Waals surface area contributed by atoms with Crippen molar-refractivity contribution in [1.82, 2.24) is 10.6 Å². The zero-order chi connectivity index (χ0) is 13.5. The third kappa shape index (κ3) is 4.79. The molecule has 1 fully saturated rings. The van der Waals surface area contributed by atoms with E-state index in [0.29, 0.717) is 0 Å². The van der Waals surface area contributed by atoms with Crippen molar-refractivity contribution in [3.8, 4) is 5.75 Å². The van der Waals surface area contributed by atoms with E-state index in [-0.39, 0.29) is 0 Å². The van der Waals surface area contributed by atoms with Gasteiger partial charge in [0.2, 0.25) is 0 Å². The van der Waals surface area contributed by atoms with Gasteiger partial charge in [0, 0.05) is 10.5 Å². The molecule has 1 unspecified atom stereocenters. The zero-order valence-electron chi connectivity index (χ0n) is 11.5. The van der Waals surface area contributed by atoms with E-state index in [0.717, 1.165) is 35.8 Å². The van der Waals surface area contributed by atoms with Gasteiger partial charge in [-0.15, -0.1) is 0 Å². The number of methoxy groups -OCH3 is 1. The lowest BCUT2D eigenvalue weighted by Crippen LogP contribution is -2.28. The topological polar surface area (TPSA) is 33.3 Å². The Morgan fingerprint density at radius 1 is 1.42 bits per heavy atom. The van der Waals surface area contributed by atoms with Crippen molar-refractivity contribution in [3.05, 3.63) is 28.2 Å². The van der Waals surface area contributed by atoms with Crippen molar-refractivity contribution in [2.75, 3.05) is 26.7 Å². The second-order valence-electron chi connectivity index (χ2n) is 5.04. The highest BCUT2D eigenvalue weighted by atomic mass is 79.9. The molecule has 1 heterocycles. The summed E-state index contributed by atoms with van der Waals surface area (Å²) in [4.78, 5) is 0. The summed E-state index contributed by atoms with van der Waals surface area (Å²) in [7, 11) is 1.73. The van der Waals surface area contributed by atoms with Crippen LogP contribution in [0.3, 0.4) is 0 Å². The van der Waals surface area contributed by atoms with Crippen LogP contribution in [0.1, 0.15) is 24.8 Å². The fraction of sp³-hybridized carbons (Fsp3) is 0.600. The van der Waals surface area contributed by atoms with Crippen LogP contribution >= 0.6 is 15.9 Å². The molecule has 2 rings (SSSR count). The molecule has 0 saturated carbocycles. The van der Waals surface area contributed by atoms with Gasteiger partial charge in [-0.2, -0.15) is 0 Å². The number of hydrogen-bond acceptors (Lipinski definition) is 3. The van der Waals surface area contributed by atoms with Gasteiger partial charge in [0.25, 0.3) is 0 Å². The van der Waals surface area contributed by atoms with Crippen molar-refractivity contribution < 1.29 is 4.74 Å². The summed E-state index contributed by atoms with van der Waals surface area (Å²) in [6.07, 6.45) is 4.90. The highest BCUT2D eigenvalue weighted by Crippen LogP contribution is 2.23. The minimum Gasteiger partial charge on any atom is -0.496 e. The summed E-state index contributed by atoms with van der Waals surface area (Å²) < 4.78 is 6.49. The Morgan fingerprint density at radius 2 is 2.32 bits per heavy atom. The van der Waals surface area contributed by atoms with Crippen LogP contribution in [0.5, 0.6) is 5.75 Å². The summed E-state index contributed by atoms with van der Waals surface area (Å²) in [6.45, 7) is 3.29. The van der Waals surface area contributed by atoms with Crippen molar-refractivity contribution in [2.24, 2.45) is 0 Å². The minimum atomic E-state index is 0.730. The Morgan fingerprint density at radius 3 is 3.05 bits per heavy atom. The van der Waals surface area contributed by atoms with Gasteiger partial charge >= 0.3 is 0 Å². The molecule has 1 atom stereocenters. The number of hydrogen-bond donors (Lipinski definition) is 2. The minimum absolute atomic E-state index is 0.730. The summed E-state index contributed by atoms with van der Waals surface area (Å²) in [5.74, 6) is 0.974. The number of nitrogens with one attached hydrogen (secondary N) is 2. The Bertz CT molecular complexity index is 392. The number of ether oxygens (including phenoxy) is 1. The molecule has 1 aliphatic heterocycles. The van der Waals surface area contributed by atoms with E-state index in [4.69, 9.17) is 4.74 Å². The van der Waals surface area contributed by atoms with Crippen LogP contribution in [-0.4, -0.2) is 32.8 Å². The fourth-order valence-corrected chi connectivity index (χ4v) is 2.98. The standard InChI is InChI=1S/C15H23BrN2O/c1-19-15-5-4-13(16)11-12(15)6-9-17-10-7-14-3-2-8-18-14/h4-5,11,14,17-18H,2-3,6-10H2,1H3. The average Bonchev–Trinajstić information content (AvgIpc) is 2.92. The molecule has 0 aromatic heterocycles. The van der Waals surface area contributed by atoms with E-state index in [9.17, 15) is 0 Å². The Hall–Kier alpha value is -0.580. The molecular formula is C15H23BrN2O. The van der Waals surface area contributed by atoms with Crippen LogP contribution in [0.4, 0.5) is 0 Å². The first-order valence-corrected chi connectivity index (χ1v) is 7.85. The molecule has 1 saturated heterocycles. The molecule has 1 aromatic rings. The fourth-order valence-electron chi connectivity index (χ4n) is 2.57. The Labute approximate surface area is 124 Å². The quantitative estimate of drug-likeness (QED) is 0.756. The lowest BCUT2D eigenvalue weighted by Gasteiger charge is -2.12. The summed E-state index contributed by atoms with van der Waals surface area (Å²) in [6, 6.07) is 6.90. The number of benzene rings is 1. The first-order valence-electron chi connectivity index (χ1n) is 7.06. The smallest absolute Gasteiger partial charge is 0.122 e. The van der Waals surface area contributed by atoms with Crippen LogP contribution in [0, 0.1) is 0 Å². The SMILES string of the molecule is COc1ccc(Br)cc1CCNCCC1CCCN1. The Kier molecular flexibility index (Phi) is 6.14. The van der Waals surface area contributed by atoms with E-state index < -0.39 is 0 Å². The van der Waals surface area contributed by atoms with E-state index >= 15 is 0 Å². The highest BCUT2D eigenvalue weighted by molar-refractivity contribution is 9.10. The monoisotopic (exact) mass is 326 g/mol. The molecule has 19 heavy (non-hydrogen) atoms. The van der Waals surface area contributed by atoms with Crippen molar-refractivity contribution in [1.29, 1.82) is 0 Å². The van der Waals surface area contributed by atoms with Crippen molar-refractivity contribution in [3.63, 3.8) is 0 Å². The molecule has 0 bridgehead atoms. The first kappa shape index (κ1) is 14.8. The van der Waals surface area contributed by atoms with Crippen molar-refractivity contribution in [2.45, 2.75) is 31.7 Å². The van der Waals surface area contributed by atoms with Gasteiger partial charge < -0.3 is 15.4 Å². The number of halogens is 1. The van der Waals surface area contributed by atoms with E-state index in [1.54, 1.807) is 7.11 Å². The normalized spacial score (nSPS) is 18.7. The molecular weight excluding hydrogens is 304 g/mol. The predicted molar refractivity (Wildman–Crippen MR) is 82.9 cm³/mol. The van der Waals surface area contributed by atoms with Crippen molar-refractivity contribution >= 4 is 15.9 Å². The largest absolute Gasteiger partial charge is 0.496 e. The van der Waals surface area contributed by atoms with E-state index in [2.05, 4.69) is 32.6 Å². The lowest BCUT2D eigenvalue weighted by atomic mass is 10.1. The van der Waals surface area contributed by atoms with Crippen LogP contribution in [0.2, 0.25) is 0 Å². The van der Waals surface area contributed by atoms with Gasteiger partial charge in [0.05, 0.1) is 7.11 Å². The van der Waals surface area contributed by atoms with E-state index in [1.807, 2.05) is 12.1 Å². The van der Waals surface area contributed by atoms with Gasteiger partial charge in [0.1, 0.15) is 5.75 Å². The van der Waals surface area contributed by atoms with Gasteiger partial charge in [-0.1, -0.05) is 15.9 Å². The molecule has 1 aliphatic rings. The maximum Gasteiger partial charge on any atom is 0.122 e. The first-order chi connectivity index (χ1) is 9.29. The van der Waals surface area contributed by atoms with Crippen LogP contribution in [0.25, 0.3) is 0 Å². The maximum absolute atomic E-state index is 5.38. The second-order valence-corrected chi connectivity index (χ2v) is 5.95. The third-order valence-electron chi connectivity index (χ3n) is 3.65. The molecule has 0 aliphatic carbocycles. The maximum atomic E-state index is 5.38. The van der Waals surface area contributed by atoms with Gasteiger partial charge in [-0.3, -0.25) is 0 Å². The third-order valence-corrected chi connectivity index (χ3v) is 4.14. The summed E-state index contributed by atoms with van der Waals surface area (Å²) in [5, 5.41) is 7.05. The van der Waals surface area contributed by atoms with Gasteiger partial charge in [-0.25, -0.2) is 0 Å². The number of rotatable bonds is 7. The predicted octanol–water partition coefficient (Wildman–Crippen LogP) is 2.73. The van der Waals surface area contributed by atoms with Crippen LogP contribution < -0.4 is 15.4 Å². The lowest BCUT2D eigenvalue weighted by molar-refractivity contribution is 0.409. The molecule has 0 spiro atoms. The molecule has 0 radical (unpaired) electrons. The molecule has 1 aromatic carbocycles. The highest BCUT2D eigenvalue weighted by Gasteiger charge is 2.12. The molecule has 106 valence electrons. The van der Waals surface area contributed by atoms with Gasteiger partial charge in [0.15, 0.2) is 0 Å². The average molecular weight is 327 g/mol.